The first-order valence-corrected chi connectivity index (χ1v) is 6.99. The van der Waals surface area contributed by atoms with E-state index in [2.05, 4.69) is 22.2 Å². The largest absolute Gasteiger partial charge is 0.370 e. The lowest BCUT2D eigenvalue weighted by Gasteiger charge is -2.08. The van der Waals surface area contributed by atoms with Gasteiger partial charge in [0.25, 0.3) is 0 Å². The van der Waals surface area contributed by atoms with Gasteiger partial charge in [-0.05, 0) is 25.0 Å². The van der Waals surface area contributed by atoms with Crippen molar-refractivity contribution in [3.63, 3.8) is 0 Å². The fraction of sp³-hybridized carbons (Fsp3) is 0.333. The third-order valence-corrected chi connectivity index (χ3v) is 3.13. The maximum atomic E-state index is 13.9. The molecule has 0 radical (unpaired) electrons. The van der Waals surface area contributed by atoms with Crippen LogP contribution in [0.2, 0.25) is 5.02 Å². The van der Waals surface area contributed by atoms with Crippen molar-refractivity contribution in [2.24, 2.45) is 0 Å². The van der Waals surface area contributed by atoms with Crippen molar-refractivity contribution >= 4 is 17.4 Å². The van der Waals surface area contributed by atoms with Gasteiger partial charge in [-0.1, -0.05) is 30.7 Å². The molecule has 1 aromatic carbocycles. The monoisotopic (exact) mass is 293 g/mol. The van der Waals surface area contributed by atoms with E-state index in [1.807, 2.05) is 13.0 Å². The smallest absolute Gasteiger partial charge is 0.145 e. The number of aryl methyl sites for hydroxylation is 1. The Bertz CT molecular complexity index is 602. The van der Waals surface area contributed by atoms with Crippen molar-refractivity contribution < 1.29 is 4.39 Å². The van der Waals surface area contributed by atoms with Crippen LogP contribution >= 0.6 is 11.6 Å². The Labute approximate surface area is 123 Å². The Morgan fingerprint density at radius 3 is 2.85 bits per heavy atom. The highest BCUT2D eigenvalue weighted by Crippen LogP contribution is 2.20. The predicted octanol–water partition coefficient (Wildman–Crippen LogP) is 3.99. The quantitative estimate of drug-likeness (QED) is 0.906. The summed E-state index contributed by atoms with van der Waals surface area (Å²) in [4.78, 5) is 8.75. The van der Waals surface area contributed by atoms with Gasteiger partial charge < -0.3 is 5.32 Å². The Morgan fingerprint density at radius 1 is 1.30 bits per heavy atom. The second-order valence-corrected chi connectivity index (χ2v) is 5.03. The van der Waals surface area contributed by atoms with E-state index in [0.717, 1.165) is 24.5 Å². The zero-order chi connectivity index (χ0) is 14.5. The molecule has 1 N–H and O–H groups in total. The van der Waals surface area contributed by atoms with Crippen molar-refractivity contribution in [1.82, 2.24) is 9.97 Å². The van der Waals surface area contributed by atoms with Gasteiger partial charge >= 0.3 is 0 Å². The molecular weight excluding hydrogens is 277 g/mol. The van der Waals surface area contributed by atoms with Crippen LogP contribution in [0.25, 0.3) is 0 Å². The van der Waals surface area contributed by atoms with Gasteiger partial charge in [0.05, 0.1) is 5.02 Å². The number of halogens is 2. The van der Waals surface area contributed by atoms with Crippen LogP contribution in [0.4, 0.5) is 10.2 Å². The third kappa shape index (κ3) is 3.67. The van der Waals surface area contributed by atoms with Crippen LogP contribution < -0.4 is 5.32 Å². The Hall–Kier alpha value is -1.68. The predicted molar refractivity (Wildman–Crippen MR) is 79.8 cm³/mol. The number of rotatable bonds is 5. The van der Waals surface area contributed by atoms with E-state index in [1.165, 1.54) is 6.07 Å². The van der Waals surface area contributed by atoms with Gasteiger partial charge in [0.2, 0.25) is 0 Å². The van der Waals surface area contributed by atoms with Crippen molar-refractivity contribution in [3.8, 4) is 0 Å². The molecule has 1 heterocycles. The van der Waals surface area contributed by atoms with Crippen LogP contribution in [-0.4, -0.2) is 16.5 Å². The maximum absolute atomic E-state index is 13.9. The van der Waals surface area contributed by atoms with Gasteiger partial charge in [0.15, 0.2) is 0 Å². The molecule has 0 aliphatic heterocycles. The second-order valence-electron chi connectivity index (χ2n) is 4.63. The molecule has 1 aromatic heterocycles. The summed E-state index contributed by atoms with van der Waals surface area (Å²) in [6.45, 7) is 4.83. The summed E-state index contributed by atoms with van der Waals surface area (Å²) in [6.07, 6.45) is 1.34. The van der Waals surface area contributed by atoms with E-state index in [-0.39, 0.29) is 5.02 Å². The minimum atomic E-state index is -0.401. The molecule has 3 nitrogen and oxygen atoms in total. The number of nitrogens with zero attached hydrogens (tertiary/aromatic N) is 2. The van der Waals surface area contributed by atoms with Gasteiger partial charge in [-0.15, -0.1) is 0 Å². The topological polar surface area (TPSA) is 37.8 Å². The minimum absolute atomic E-state index is 0.125. The fourth-order valence-electron chi connectivity index (χ4n) is 1.91. The lowest BCUT2D eigenvalue weighted by Crippen LogP contribution is -2.07. The van der Waals surface area contributed by atoms with Gasteiger partial charge in [-0.25, -0.2) is 14.4 Å². The summed E-state index contributed by atoms with van der Waals surface area (Å²) in [6, 6.07) is 6.85. The fourth-order valence-corrected chi connectivity index (χ4v) is 2.10. The molecule has 0 unspecified atom stereocenters. The number of anilines is 1. The Kier molecular flexibility index (Phi) is 4.90. The molecule has 0 saturated heterocycles. The van der Waals surface area contributed by atoms with Crippen LogP contribution in [0.1, 0.15) is 30.4 Å². The summed E-state index contributed by atoms with van der Waals surface area (Å²) in [7, 11) is 0. The first-order valence-electron chi connectivity index (χ1n) is 6.61. The highest BCUT2D eigenvalue weighted by Gasteiger charge is 2.09. The number of hydrogen-bond acceptors (Lipinski definition) is 3. The van der Waals surface area contributed by atoms with Crippen LogP contribution in [0.15, 0.2) is 24.3 Å². The van der Waals surface area contributed by atoms with Crippen LogP contribution in [-0.2, 0) is 6.42 Å². The number of hydrogen-bond donors (Lipinski definition) is 1. The standard InChI is InChI=1S/C15H17ClFN3/c1-3-7-18-13-8-10(2)19-14(20-13)9-11-5-4-6-12(16)15(11)17/h4-6,8H,3,7,9H2,1-2H3,(H,18,19,20). The second kappa shape index (κ2) is 6.66. The van der Waals surface area contributed by atoms with E-state index in [4.69, 9.17) is 11.6 Å². The summed E-state index contributed by atoms with van der Waals surface area (Å²) in [5.41, 5.74) is 1.36. The molecule has 20 heavy (non-hydrogen) atoms. The summed E-state index contributed by atoms with van der Waals surface area (Å²) in [5, 5.41) is 3.34. The van der Waals surface area contributed by atoms with Gasteiger partial charge in [0.1, 0.15) is 17.5 Å². The first-order chi connectivity index (χ1) is 9.60. The zero-order valence-electron chi connectivity index (χ0n) is 11.6. The van der Waals surface area contributed by atoms with Crippen molar-refractivity contribution in [2.45, 2.75) is 26.7 Å². The van der Waals surface area contributed by atoms with E-state index in [9.17, 15) is 4.39 Å². The molecule has 0 aliphatic carbocycles. The molecule has 0 atom stereocenters. The van der Waals surface area contributed by atoms with E-state index in [1.54, 1.807) is 12.1 Å². The lowest BCUT2D eigenvalue weighted by molar-refractivity contribution is 0.612. The molecule has 0 aliphatic rings. The molecule has 0 fully saturated rings. The zero-order valence-corrected chi connectivity index (χ0v) is 12.3. The number of aromatic nitrogens is 2. The van der Waals surface area contributed by atoms with Gasteiger partial charge in [0, 0.05) is 24.7 Å². The van der Waals surface area contributed by atoms with Crippen molar-refractivity contribution in [2.75, 3.05) is 11.9 Å². The molecule has 0 spiro atoms. The van der Waals surface area contributed by atoms with Crippen LogP contribution in [0, 0.1) is 12.7 Å². The SMILES string of the molecule is CCCNc1cc(C)nc(Cc2cccc(Cl)c2F)n1. The van der Waals surface area contributed by atoms with E-state index >= 15 is 0 Å². The minimum Gasteiger partial charge on any atom is -0.370 e. The normalized spacial score (nSPS) is 10.6. The molecule has 2 rings (SSSR count). The third-order valence-electron chi connectivity index (χ3n) is 2.84. The van der Waals surface area contributed by atoms with E-state index in [0.29, 0.717) is 17.8 Å². The average Bonchev–Trinajstić information content (AvgIpc) is 2.41. The van der Waals surface area contributed by atoms with Crippen molar-refractivity contribution in [1.29, 1.82) is 0 Å². The van der Waals surface area contributed by atoms with Crippen LogP contribution in [0.5, 0.6) is 0 Å². The number of nitrogens with one attached hydrogen (secondary N) is 1. The molecule has 0 bridgehead atoms. The molecule has 106 valence electrons. The number of benzene rings is 1. The van der Waals surface area contributed by atoms with E-state index < -0.39 is 5.82 Å². The molecule has 2 aromatic rings. The summed E-state index contributed by atoms with van der Waals surface area (Å²) >= 11 is 5.78. The summed E-state index contributed by atoms with van der Waals surface area (Å²) in [5.74, 6) is 0.962. The molecule has 5 heteroatoms. The van der Waals surface area contributed by atoms with Gasteiger partial charge in [-0.3, -0.25) is 0 Å². The molecular formula is C15H17ClFN3. The maximum Gasteiger partial charge on any atom is 0.145 e. The van der Waals surface area contributed by atoms with Crippen molar-refractivity contribution in [3.05, 3.63) is 52.2 Å². The lowest BCUT2D eigenvalue weighted by atomic mass is 10.1. The highest BCUT2D eigenvalue weighted by atomic mass is 35.5. The van der Waals surface area contributed by atoms with Gasteiger partial charge in [-0.2, -0.15) is 0 Å². The first kappa shape index (κ1) is 14.7. The highest BCUT2D eigenvalue weighted by molar-refractivity contribution is 6.30. The Morgan fingerprint density at radius 2 is 2.10 bits per heavy atom. The average molecular weight is 294 g/mol. The molecule has 0 amide bonds. The Balaban J connectivity index is 2.24. The summed E-state index contributed by atoms with van der Waals surface area (Å²) < 4.78 is 13.9. The molecule has 0 saturated carbocycles. The van der Waals surface area contributed by atoms with Crippen LogP contribution in [0.3, 0.4) is 0 Å².